The first-order valence-electron chi connectivity index (χ1n) is 11.4. The topological polar surface area (TPSA) is 79.4 Å². The van der Waals surface area contributed by atoms with Gasteiger partial charge < -0.3 is 15.4 Å². The van der Waals surface area contributed by atoms with Crippen LogP contribution < -0.4 is 10.6 Å². The smallest absolute Gasteiger partial charge is 0.223 e. The van der Waals surface area contributed by atoms with Crippen LogP contribution in [0.5, 0.6) is 0 Å². The van der Waals surface area contributed by atoms with E-state index >= 15 is 0 Å². The van der Waals surface area contributed by atoms with Crippen LogP contribution in [0.3, 0.4) is 0 Å². The van der Waals surface area contributed by atoms with Gasteiger partial charge in [0.05, 0.1) is 13.2 Å². The third-order valence-corrected chi connectivity index (χ3v) is 6.77. The molecule has 0 aromatic carbocycles. The van der Waals surface area contributed by atoms with Crippen molar-refractivity contribution >= 4 is 11.9 Å². The molecule has 7 nitrogen and oxygen atoms in total. The van der Waals surface area contributed by atoms with Gasteiger partial charge in [-0.2, -0.15) is 0 Å². The molecule has 2 unspecified atom stereocenters. The van der Waals surface area contributed by atoms with Gasteiger partial charge in [0.1, 0.15) is 0 Å². The summed E-state index contributed by atoms with van der Waals surface area (Å²) in [6.07, 6.45) is 11.0. The first-order chi connectivity index (χ1) is 14.2. The van der Waals surface area contributed by atoms with Crippen molar-refractivity contribution in [1.82, 2.24) is 20.2 Å². The van der Waals surface area contributed by atoms with Gasteiger partial charge in [0.25, 0.3) is 0 Å². The number of nitrogens with zero attached hydrogens (tertiary/aromatic N) is 3. The van der Waals surface area contributed by atoms with Gasteiger partial charge in [0.2, 0.25) is 11.9 Å². The monoisotopic (exact) mass is 401 g/mol. The van der Waals surface area contributed by atoms with Crippen molar-refractivity contribution in [2.75, 3.05) is 31.6 Å². The fourth-order valence-electron chi connectivity index (χ4n) is 5.24. The van der Waals surface area contributed by atoms with E-state index in [-0.39, 0.29) is 5.91 Å². The van der Waals surface area contributed by atoms with Crippen LogP contribution in [0, 0.1) is 0 Å². The van der Waals surface area contributed by atoms with Crippen molar-refractivity contribution < 1.29 is 9.53 Å². The van der Waals surface area contributed by atoms with Crippen LogP contribution in [-0.2, 0) is 9.53 Å². The van der Waals surface area contributed by atoms with E-state index in [0.29, 0.717) is 24.0 Å². The lowest BCUT2D eigenvalue weighted by Gasteiger charge is -2.39. The van der Waals surface area contributed by atoms with Gasteiger partial charge in [-0.25, -0.2) is 9.97 Å². The normalized spacial score (nSPS) is 31.2. The molecule has 2 heterocycles. The molecule has 0 spiro atoms. The standard InChI is InChI=1S/C22H35N5O2/c1-16(28)24-18-7-5-17(6-8-18)21-9-10-23-22(26-21)25-19-3-2-4-20(15-19)27-11-13-29-14-12-27/h9-10,17-20H,2-8,11-15H2,1H3,(H,24,28)(H,23,25,26). The Hall–Kier alpha value is -1.73. The van der Waals surface area contributed by atoms with Crippen LogP contribution in [0.15, 0.2) is 12.3 Å². The maximum atomic E-state index is 11.3. The Labute approximate surface area is 174 Å². The van der Waals surface area contributed by atoms with Crippen molar-refractivity contribution in [1.29, 1.82) is 0 Å². The number of morpholine rings is 1. The summed E-state index contributed by atoms with van der Waals surface area (Å²) in [7, 11) is 0. The van der Waals surface area contributed by atoms with E-state index in [1.165, 1.54) is 19.3 Å². The van der Waals surface area contributed by atoms with E-state index in [2.05, 4.69) is 26.6 Å². The van der Waals surface area contributed by atoms with E-state index in [9.17, 15) is 4.79 Å². The van der Waals surface area contributed by atoms with E-state index in [0.717, 1.165) is 70.0 Å². The predicted molar refractivity (Wildman–Crippen MR) is 113 cm³/mol. The summed E-state index contributed by atoms with van der Waals surface area (Å²) < 4.78 is 5.51. The molecule has 0 bridgehead atoms. The third kappa shape index (κ3) is 5.66. The Bertz CT molecular complexity index is 671. The van der Waals surface area contributed by atoms with Gasteiger partial charge in [-0.3, -0.25) is 9.69 Å². The number of nitrogens with one attached hydrogen (secondary N) is 2. The van der Waals surface area contributed by atoms with Crippen molar-refractivity contribution in [3.63, 3.8) is 0 Å². The molecule has 0 radical (unpaired) electrons. The number of carbonyl (C=O) groups is 1. The minimum absolute atomic E-state index is 0.0739. The second-order valence-electron chi connectivity index (χ2n) is 8.86. The Morgan fingerprint density at radius 2 is 1.90 bits per heavy atom. The second-order valence-corrected chi connectivity index (χ2v) is 8.86. The minimum Gasteiger partial charge on any atom is -0.379 e. The average Bonchev–Trinajstić information content (AvgIpc) is 2.75. The zero-order chi connectivity index (χ0) is 20.1. The first-order valence-corrected chi connectivity index (χ1v) is 11.4. The summed E-state index contributed by atoms with van der Waals surface area (Å²) in [5, 5.41) is 6.68. The minimum atomic E-state index is 0.0739. The Kier molecular flexibility index (Phi) is 6.98. The average molecular weight is 402 g/mol. The molecule has 4 rings (SSSR count). The van der Waals surface area contributed by atoms with Crippen molar-refractivity contribution in [3.05, 3.63) is 18.0 Å². The molecule has 1 aromatic rings. The molecule has 160 valence electrons. The molecule has 1 saturated heterocycles. The van der Waals surface area contributed by atoms with Crippen molar-refractivity contribution in [3.8, 4) is 0 Å². The van der Waals surface area contributed by atoms with E-state index in [1.807, 2.05) is 6.20 Å². The summed E-state index contributed by atoms with van der Waals surface area (Å²) in [4.78, 5) is 23.2. The van der Waals surface area contributed by atoms with Gasteiger partial charge in [0.15, 0.2) is 0 Å². The number of ether oxygens (including phenoxy) is 1. The number of carbonyl (C=O) groups excluding carboxylic acids is 1. The van der Waals surface area contributed by atoms with Crippen LogP contribution in [0.1, 0.15) is 69.9 Å². The second kappa shape index (κ2) is 9.85. The van der Waals surface area contributed by atoms with Crippen molar-refractivity contribution in [2.24, 2.45) is 0 Å². The number of hydrogen-bond donors (Lipinski definition) is 2. The number of hydrogen-bond acceptors (Lipinski definition) is 6. The molecule has 3 aliphatic rings. The highest BCUT2D eigenvalue weighted by molar-refractivity contribution is 5.73. The molecule has 2 saturated carbocycles. The zero-order valence-electron chi connectivity index (χ0n) is 17.6. The largest absolute Gasteiger partial charge is 0.379 e. The highest BCUT2D eigenvalue weighted by Gasteiger charge is 2.28. The molecule has 2 aliphatic carbocycles. The summed E-state index contributed by atoms with van der Waals surface area (Å²) in [6, 6.07) is 3.48. The van der Waals surface area contributed by atoms with Crippen LogP contribution in [0.25, 0.3) is 0 Å². The third-order valence-electron chi connectivity index (χ3n) is 6.77. The maximum Gasteiger partial charge on any atom is 0.223 e. The highest BCUT2D eigenvalue weighted by Crippen LogP contribution is 2.32. The zero-order valence-corrected chi connectivity index (χ0v) is 17.6. The molecule has 1 aliphatic heterocycles. The highest BCUT2D eigenvalue weighted by atomic mass is 16.5. The van der Waals surface area contributed by atoms with Crippen LogP contribution >= 0.6 is 0 Å². The summed E-state index contributed by atoms with van der Waals surface area (Å²) >= 11 is 0. The van der Waals surface area contributed by atoms with E-state index < -0.39 is 0 Å². The number of amides is 1. The predicted octanol–water partition coefficient (Wildman–Crippen LogP) is 2.69. The van der Waals surface area contributed by atoms with E-state index in [1.54, 1.807) is 6.92 Å². The van der Waals surface area contributed by atoms with Gasteiger partial charge in [-0.1, -0.05) is 0 Å². The van der Waals surface area contributed by atoms with Gasteiger partial charge in [-0.05, 0) is 57.4 Å². The maximum absolute atomic E-state index is 11.3. The molecule has 1 aromatic heterocycles. The Morgan fingerprint density at radius 1 is 1.10 bits per heavy atom. The summed E-state index contributed by atoms with van der Waals surface area (Å²) in [5.74, 6) is 1.32. The molecule has 2 N–H and O–H groups in total. The number of rotatable bonds is 5. The molecule has 3 fully saturated rings. The SMILES string of the molecule is CC(=O)NC1CCC(c2ccnc(NC3CCCC(N4CCOCC4)C3)n2)CC1. The fourth-order valence-corrected chi connectivity index (χ4v) is 5.24. The van der Waals surface area contributed by atoms with Crippen molar-refractivity contribution in [2.45, 2.75) is 82.3 Å². The molecular formula is C22H35N5O2. The lowest BCUT2D eigenvalue weighted by atomic mass is 9.84. The fraction of sp³-hybridized carbons (Fsp3) is 0.773. The number of anilines is 1. The molecule has 7 heteroatoms. The molecular weight excluding hydrogens is 366 g/mol. The molecule has 1 amide bonds. The lowest BCUT2D eigenvalue weighted by molar-refractivity contribution is -0.119. The van der Waals surface area contributed by atoms with Gasteiger partial charge in [-0.15, -0.1) is 0 Å². The van der Waals surface area contributed by atoms with E-state index in [4.69, 9.17) is 9.72 Å². The molecule has 2 atom stereocenters. The quantitative estimate of drug-likeness (QED) is 0.790. The van der Waals surface area contributed by atoms with Crippen LogP contribution in [-0.4, -0.2) is 65.2 Å². The molecule has 29 heavy (non-hydrogen) atoms. The Balaban J connectivity index is 1.31. The summed E-state index contributed by atoms with van der Waals surface area (Å²) in [5.41, 5.74) is 1.14. The Morgan fingerprint density at radius 3 is 2.66 bits per heavy atom. The van der Waals surface area contributed by atoms with Gasteiger partial charge >= 0.3 is 0 Å². The van der Waals surface area contributed by atoms with Crippen LogP contribution in [0.2, 0.25) is 0 Å². The lowest BCUT2D eigenvalue weighted by Crippen LogP contribution is -2.47. The first kappa shape index (κ1) is 20.5. The number of aromatic nitrogens is 2. The van der Waals surface area contributed by atoms with Crippen LogP contribution in [0.4, 0.5) is 5.95 Å². The van der Waals surface area contributed by atoms with Gasteiger partial charge in [0, 0.05) is 55.9 Å². The summed E-state index contributed by atoms with van der Waals surface area (Å²) in [6.45, 7) is 5.45.